The van der Waals surface area contributed by atoms with E-state index in [9.17, 15) is 4.21 Å². The van der Waals surface area contributed by atoms with Crippen LogP contribution in [0, 0.1) is 6.92 Å². The predicted molar refractivity (Wildman–Crippen MR) is 117 cm³/mol. The van der Waals surface area contributed by atoms with E-state index in [0.29, 0.717) is 18.8 Å². The van der Waals surface area contributed by atoms with Gasteiger partial charge in [-0.15, -0.1) is 0 Å². The number of aryl methyl sites for hydroxylation is 1. The number of benzene rings is 1. The highest BCUT2D eigenvalue weighted by atomic mass is 32.2. The van der Waals surface area contributed by atoms with Gasteiger partial charge in [0.2, 0.25) is 0 Å². The maximum absolute atomic E-state index is 12.2. The topological polar surface area (TPSA) is 62.7 Å². The molecule has 154 valence electrons. The Morgan fingerprint density at radius 3 is 2.37 bits per heavy atom. The molecule has 0 amide bonds. The molecule has 0 aliphatic rings. The third-order valence-electron chi connectivity index (χ3n) is 3.65. The number of rotatable bonds is 7. The first-order valence-corrected chi connectivity index (χ1v) is 10.9. The Balaban J connectivity index is 2.82. The number of nitrogens with one attached hydrogen (secondary N) is 2. The van der Waals surface area contributed by atoms with Crippen LogP contribution in [-0.4, -0.2) is 39.4 Å². The Bertz CT molecular complexity index is 658. The minimum absolute atomic E-state index is 0.196. The molecule has 1 aromatic rings. The molecule has 27 heavy (non-hydrogen) atoms. The summed E-state index contributed by atoms with van der Waals surface area (Å²) in [6.07, 6.45) is 0. The van der Waals surface area contributed by atoms with E-state index in [1.54, 1.807) is 0 Å². The lowest BCUT2D eigenvalue weighted by Gasteiger charge is -2.23. The second-order valence-corrected chi connectivity index (χ2v) is 10.9. The molecule has 1 rings (SSSR count). The molecule has 0 aromatic heterocycles. The molecule has 6 heteroatoms. The largest absolute Gasteiger partial charge is 0.488 e. The van der Waals surface area contributed by atoms with Gasteiger partial charge in [-0.05, 0) is 67.0 Å². The van der Waals surface area contributed by atoms with Crippen LogP contribution in [0.5, 0.6) is 5.75 Å². The molecule has 0 aliphatic heterocycles. The Kier molecular flexibility index (Phi) is 8.79. The van der Waals surface area contributed by atoms with Crippen molar-refractivity contribution in [3.63, 3.8) is 0 Å². The quantitative estimate of drug-likeness (QED) is 0.545. The van der Waals surface area contributed by atoms with E-state index in [4.69, 9.17) is 4.74 Å². The van der Waals surface area contributed by atoms with Gasteiger partial charge >= 0.3 is 0 Å². The van der Waals surface area contributed by atoms with E-state index in [-0.39, 0.29) is 10.3 Å². The maximum Gasteiger partial charge on any atom is 0.191 e. The summed E-state index contributed by atoms with van der Waals surface area (Å²) in [6.45, 7) is 18.1. The van der Waals surface area contributed by atoms with Crippen molar-refractivity contribution in [2.75, 3.05) is 18.8 Å². The van der Waals surface area contributed by atoms with E-state index >= 15 is 0 Å². The zero-order chi connectivity index (χ0) is 20.7. The second-order valence-electron chi connectivity index (χ2n) is 8.61. The standard InChI is InChI=1S/C21H37N3O2S/c1-9-22-19(23-12-13-27(25)21(6,7)8)24-15-17-11-10-16(2)14-18(17)26-20(3,4)5/h10-11,14H,9,12-13,15H2,1-8H3,(H2,22,23,24). The van der Waals surface area contributed by atoms with Gasteiger partial charge in [-0.3, -0.25) is 4.21 Å². The zero-order valence-electron chi connectivity index (χ0n) is 18.2. The van der Waals surface area contributed by atoms with Crippen molar-refractivity contribution in [3.8, 4) is 5.75 Å². The van der Waals surface area contributed by atoms with Crippen LogP contribution in [0.25, 0.3) is 0 Å². The maximum atomic E-state index is 12.2. The summed E-state index contributed by atoms with van der Waals surface area (Å²) in [5.74, 6) is 2.19. The summed E-state index contributed by atoms with van der Waals surface area (Å²) in [5.41, 5.74) is 1.95. The fourth-order valence-corrected chi connectivity index (χ4v) is 3.19. The van der Waals surface area contributed by atoms with E-state index in [1.807, 2.05) is 48.5 Å². The van der Waals surface area contributed by atoms with Crippen molar-refractivity contribution in [1.29, 1.82) is 0 Å². The molecule has 1 atom stereocenters. The second kappa shape index (κ2) is 10.1. The number of hydrogen-bond acceptors (Lipinski definition) is 3. The molecule has 0 saturated carbocycles. The van der Waals surface area contributed by atoms with Crippen molar-refractivity contribution in [3.05, 3.63) is 29.3 Å². The van der Waals surface area contributed by atoms with Gasteiger partial charge in [-0.1, -0.05) is 12.1 Å². The molecular formula is C21H37N3O2S. The predicted octanol–water partition coefficient (Wildman–Crippen LogP) is 3.77. The lowest BCUT2D eigenvalue weighted by atomic mass is 10.1. The van der Waals surface area contributed by atoms with Crippen LogP contribution in [0.4, 0.5) is 0 Å². The van der Waals surface area contributed by atoms with Crippen molar-refractivity contribution >= 4 is 16.8 Å². The third kappa shape index (κ3) is 9.27. The minimum atomic E-state index is -0.881. The minimum Gasteiger partial charge on any atom is -0.488 e. The van der Waals surface area contributed by atoms with Gasteiger partial charge in [-0.25, -0.2) is 4.99 Å². The normalized spacial score (nSPS) is 14.0. The van der Waals surface area contributed by atoms with Crippen molar-refractivity contribution in [1.82, 2.24) is 10.6 Å². The number of aliphatic imine (C=N–C) groups is 1. The molecule has 0 aliphatic carbocycles. The van der Waals surface area contributed by atoms with Crippen LogP contribution in [0.3, 0.4) is 0 Å². The van der Waals surface area contributed by atoms with Crippen LogP contribution in [0.15, 0.2) is 23.2 Å². The first-order chi connectivity index (χ1) is 12.4. The molecule has 2 N–H and O–H groups in total. The molecule has 0 fully saturated rings. The first kappa shape index (κ1) is 23.5. The molecule has 1 unspecified atom stereocenters. The fourth-order valence-electron chi connectivity index (χ4n) is 2.29. The van der Waals surface area contributed by atoms with Crippen LogP contribution in [0.1, 0.15) is 59.6 Å². The van der Waals surface area contributed by atoms with Gasteiger partial charge in [0, 0.05) is 40.0 Å². The smallest absolute Gasteiger partial charge is 0.191 e. The summed E-state index contributed by atoms with van der Waals surface area (Å²) in [4.78, 5) is 4.68. The Morgan fingerprint density at radius 2 is 1.81 bits per heavy atom. The van der Waals surface area contributed by atoms with Crippen molar-refractivity contribution in [2.24, 2.45) is 4.99 Å². The summed E-state index contributed by atoms with van der Waals surface area (Å²) < 4.78 is 18.1. The van der Waals surface area contributed by atoms with Gasteiger partial charge in [0.05, 0.1) is 6.54 Å². The Morgan fingerprint density at radius 1 is 1.15 bits per heavy atom. The van der Waals surface area contributed by atoms with Gasteiger partial charge in [0.15, 0.2) is 5.96 Å². The lowest BCUT2D eigenvalue weighted by Crippen LogP contribution is -2.40. The van der Waals surface area contributed by atoms with E-state index < -0.39 is 10.8 Å². The molecule has 1 aromatic carbocycles. The Labute approximate surface area is 167 Å². The molecule has 0 saturated heterocycles. The van der Waals surface area contributed by atoms with Gasteiger partial charge in [0.1, 0.15) is 11.4 Å². The molecular weight excluding hydrogens is 358 g/mol. The molecule has 0 radical (unpaired) electrons. The zero-order valence-corrected chi connectivity index (χ0v) is 19.0. The summed E-state index contributed by atoms with van der Waals surface area (Å²) in [7, 11) is -0.881. The van der Waals surface area contributed by atoms with Gasteiger partial charge in [0.25, 0.3) is 0 Å². The van der Waals surface area contributed by atoms with Crippen LogP contribution < -0.4 is 15.4 Å². The van der Waals surface area contributed by atoms with Gasteiger partial charge < -0.3 is 15.4 Å². The van der Waals surface area contributed by atoms with Crippen LogP contribution in [0.2, 0.25) is 0 Å². The lowest BCUT2D eigenvalue weighted by molar-refractivity contribution is 0.129. The summed E-state index contributed by atoms with van der Waals surface area (Å²) >= 11 is 0. The average molecular weight is 396 g/mol. The monoisotopic (exact) mass is 395 g/mol. The van der Waals surface area contributed by atoms with Crippen molar-refractivity contribution in [2.45, 2.75) is 72.3 Å². The third-order valence-corrected chi connectivity index (χ3v) is 5.59. The first-order valence-electron chi connectivity index (χ1n) is 9.61. The number of guanidine groups is 1. The number of ether oxygens (including phenoxy) is 1. The van der Waals surface area contributed by atoms with E-state index in [1.165, 1.54) is 0 Å². The SMILES string of the molecule is CCNC(=NCc1ccc(C)cc1OC(C)(C)C)NCCS(=O)C(C)(C)C. The highest BCUT2D eigenvalue weighted by molar-refractivity contribution is 7.86. The van der Waals surface area contributed by atoms with Crippen LogP contribution in [-0.2, 0) is 17.3 Å². The molecule has 5 nitrogen and oxygen atoms in total. The summed E-state index contributed by atoms with van der Waals surface area (Å²) in [6, 6.07) is 6.20. The number of hydrogen-bond donors (Lipinski definition) is 2. The van der Waals surface area contributed by atoms with Crippen molar-refractivity contribution < 1.29 is 8.95 Å². The molecule has 0 heterocycles. The fraction of sp³-hybridized carbons (Fsp3) is 0.667. The van der Waals surface area contributed by atoms with Gasteiger partial charge in [-0.2, -0.15) is 0 Å². The van der Waals surface area contributed by atoms with E-state index in [2.05, 4.69) is 40.7 Å². The average Bonchev–Trinajstić information content (AvgIpc) is 2.51. The van der Waals surface area contributed by atoms with E-state index in [0.717, 1.165) is 29.4 Å². The number of nitrogens with zero attached hydrogens (tertiary/aromatic N) is 1. The summed E-state index contributed by atoms with van der Waals surface area (Å²) in [5, 5.41) is 6.52. The Hall–Kier alpha value is -1.56. The molecule has 0 bridgehead atoms. The molecule has 0 spiro atoms. The highest BCUT2D eigenvalue weighted by Gasteiger charge is 2.19. The van der Waals surface area contributed by atoms with Crippen LogP contribution >= 0.6 is 0 Å². The highest BCUT2D eigenvalue weighted by Crippen LogP contribution is 2.25.